The first-order chi connectivity index (χ1) is 10.1. The van der Waals surface area contributed by atoms with Gasteiger partial charge in [0.05, 0.1) is 5.41 Å². The van der Waals surface area contributed by atoms with Crippen LogP contribution in [-0.2, 0) is 4.79 Å². The van der Waals surface area contributed by atoms with E-state index in [4.69, 9.17) is 0 Å². The fraction of sp³-hybridized carbons (Fsp3) is 0.533. The molecule has 1 aliphatic rings. The molecule has 1 aliphatic carbocycles. The van der Waals surface area contributed by atoms with Crippen LogP contribution >= 0.6 is 15.9 Å². The first-order valence-corrected chi connectivity index (χ1v) is 7.97. The molecule has 1 saturated carbocycles. The van der Waals surface area contributed by atoms with Gasteiger partial charge in [0.2, 0.25) is 0 Å². The minimum absolute atomic E-state index is 0.157. The molecule has 2 N–H and O–H groups in total. The van der Waals surface area contributed by atoms with Gasteiger partial charge in [0, 0.05) is 17.2 Å². The summed E-state index contributed by atoms with van der Waals surface area (Å²) in [7, 11) is 0. The predicted molar refractivity (Wildman–Crippen MR) is 82.0 cm³/mol. The van der Waals surface area contributed by atoms with Gasteiger partial charge in [0.1, 0.15) is 5.69 Å². The molecule has 2 rings (SSSR count). The maximum atomic E-state index is 12.2. The van der Waals surface area contributed by atoms with Crippen molar-refractivity contribution >= 4 is 27.8 Å². The summed E-state index contributed by atoms with van der Waals surface area (Å²) < 4.78 is 0.604. The Morgan fingerprint density at radius 3 is 2.52 bits per heavy atom. The molecule has 1 aromatic heterocycles. The van der Waals surface area contributed by atoms with Crippen LogP contribution in [0.3, 0.4) is 0 Å². The summed E-state index contributed by atoms with van der Waals surface area (Å²) in [4.78, 5) is 27.9. The number of rotatable bonds is 4. The molecule has 1 amide bonds. The van der Waals surface area contributed by atoms with Gasteiger partial charge in [0.25, 0.3) is 5.91 Å². The molecule has 0 unspecified atom stereocenters. The van der Waals surface area contributed by atoms with Crippen LogP contribution in [-0.4, -0.2) is 28.5 Å². The average Bonchev–Trinajstić information content (AvgIpc) is 2.72. The summed E-state index contributed by atoms with van der Waals surface area (Å²) >= 11 is 3.28. The van der Waals surface area contributed by atoms with Crippen molar-refractivity contribution in [3.05, 3.63) is 28.5 Å². The molecule has 5 nitrogen and oxygen atoms in total. The predicted octanol–water partition coefficient (Wildman–Crippen LogP) is 3.00. The van der Waals surface area contributed by atoms with Gasteiger partial charge >= 0.3 is 5.97 Å². The van der Waals surface area contributed by atoms with Gasteiger partial charge in [-0.25, -0.2) is 4.98 Å². The van der Waals surface area contributed by atoms with E-state index in [1.165, 1.54) is 6.20 Å². The maximum Gasteiger partial charge on any atom is 0.311 e. The highest BCUT2D eigenvalue weighted by Crippen LogP contribution is 2.35. The first-order valence-electron chi connectivity index (χ1n) is 7.17. The lowest BCUT2D eigenvalue weighted by atomic mass is 9.80. The normalized spacial score (nSPS) is 17.8. The molecule has 6 heteroatoms. The Kier molecular flexibility index (Phi) is 5.33. The van der Waals surface area contributed by atoms with Crippen molar-refractivity contribution < 1.29 is 14.7 Å². The summed E-state index contributed by atoms with van der Waals surface area (Å²) in [6.07, 6.45) is 6.70. The fourth-order valence-corrected chi connectivity index (χ4v) is 3.19. The number of carboxylic acid groups (broad SMARTS) is 1. The van der Waals surface area contributed by atoms with Crippen molar-refractivity contribution in [2.24, 2.45) is 5.41 Å². The number of nitrogens with one attached hydrogen (secondary N) is 1. The second-order valence-electron chi connectivity index (χ2n) is 5.52. The number of carbonyl (C=O) groups excluding carboxylic acids is 1. The zero-order valence-corrected chi connectivity index (χ0v) is 13.4. The number of pyridine rings is 1. The Labute approximate surface area is 132 Å². The summed E-state index contributed by atoms with van der Waals surface area (Å²) in [5, 5.41) is 12.3. The van der Waals surface area contributed by atoms with Gasteiger partial charge in [0.15, 0.2) is 0 Å². The summed E-state index contributed by atoms with van der Waals surface area (Å²) in [5.74, 6) is -1.16. The van der Waals surface area contributed by atoms with Crippen LogP contribution in [0.2, 0.25) is 0 Å². The molecule has 0 saturated heterocycles. The quantitative estimate of drug-likeness (QED) is 0.814. The zero-order chi connectivity index (χ0) is 15.3. The van der Waals surface area contributed by atoms with E-state index < -0.39 is 11.4 Å². The first kappa shape index (κ1) is 15.9. The molecule has 0 aromatic carbocycles. The van der Waals surface area contributed by atoms with Crippen molar-refractivity contribution in [1.29, 1.82) is 0 Å². The number of aliphatic carboxylic acids is 1. The Bertz CT molecular complexity index is 525. The van der Waals surface area contributed by atoms with Gasteiger partial charge in [-0.2, -0.15) is 0 Å². The van der Waals surface area contributed by atoms with Crippen molar-refractivity contribution in [3.63, 3.8) is 0 Å². The Morgan fingerprint density at radius 2 is 1.95 bits per heavy atom. The van der Waals surface area contributed by atoms with Crippen LogP contribution in [0.25, 0.3) is 0 Å². The van der Waals surface area contributed by atoms with E-state index in [9.17, 15) is 14.7 Å². The highest BCUT2D eigenvalue weighted by atomic mass is 79.9. The van der Waals surface area contributed by atoms with Crippen molar-refractivity contribution in [2.45, 2.75) is 38.5 Å². The van der Waals surface area contributed by atoms with E-state index in [0.29, 0.717) is 17.3 Å². The number of hydrogen-bond donors (Lipinski definition) is 2. The second kappa shape index (κ2) is 7.02. The highest BCUT2D eigenvalue weighted by molar-refractivity contribution is 9.10. The third-order valence-electron chi connectivity index (χ3n) is 4.08. The molecule has 114 valence electrons. The van der Waals surface area contributed by atoms with E-state index in [1.54, 1.807) is 12.1 Å². The summed E-state index contributed by atoms with van der Waals surface area (Å²) in [6.45, 7) is 0.157. The molecule has 1 fully saturated rings. The molecule has 1 aromatic rings. The number of halogens is 1. The molecule has 21 heavy (non-hydrogen) atoms. The molecule has 0 spiro atoms. The van der Waals surface area contributed by atoms with Crippen LogP contribution in [0.4, 0.5) is 0 Å². The fourth-order valence-electron chi connectivity index (χ4n) is 2.76. The van der Waals surface area contributed by atoms with Gasteiger partial charge in [-0.3, -0.25) is 9.59 Å². The van der Waals surface area contributed by atoms with Crippen molar-refractivity contribution in [2.75, 3.05) is 6.54 Å². The lowest BCUT2D eigenvalue weighted by Gasteiger charge is -2.28. The summed E-state index contributed by atoms with van der Waals surface area (Å²) in [6, 6.07) is 3.46. The van der Waals surface area contributed by atoms with Crippen molar-refractivity contribution in [3.8, 4) is 0 Å². The van der Waals surface area contributed by atoms with Crippen LogP contribution in [0.15, 0.2) is 22.8 Å². The lowest BCUT2D eigenvalue weighted by molar-refractivity contribution is -0.149. The van der Waals surface area contributed by atoms with E-state index in [2.05, 4.69) is 26.2 Å². The Balaban J connectivity index is 2.07. The van der Waals surface area contributed by atoms with Gasteiger partial charge in [-0.1, -0.05) is 25.7 Å². The molecule has 1 heterocycles. The molecule has 0 aliphatic heterocycles. The van der Waals surface area contributed by atoms with Gasteiger partial charge in [-0.05, 0) is 40.9 Å². The number of hydrogen-bond acceptors (Lipinski definition) is 3. The third-order valence-corrected chi connectivity index (χ3v) is 4.72. The van der Waals surface area contributed by atoms with Crippen LogP contribution < -0.4 is 5.32 Å². The summed E-state index contributed by atoms with van der Waals surface area (Å²) in [5.41, 5.74) is -0.556. The van der Waals surface area contributed by atoms with E-state index in [0.717, 1.165) is 25.7 Å². The Morgan fingerprint density at radius 1 is 1.29 bits per heavy atom. The SMILES string of the molecule is O=C(NCC1(C(=O)O)CCCCCC1)c1ncccc1Br. The molecule has 0 bridgehead atoms. The second-order valence-corrected chi connectivity index (χ2v) is 6.37. The number of nitrogens with zero attached hydrogens (tertiary/aromatic N) is 1. The number of carboxylic acids is 1. The van der Waals surface area contributed by atoms with Crippen LogP contribution in [0.1, 0.15) is 49.0 Å². The number of carbonyl (C=O) groups is 2. The van der Waals surface area contributed by atoms with Crippen molar-refractivity contribution in [1.82, 2.24) is 10.3 Å². The van der Waals surface area contributed by atoms with E-state index in [-0.39, 0.29) is 18.1 Å². The lowest BCUT2D eigenvalue weighted by Crippen LogP contribution is -2.43. The number of amides is 1. The zero-order valence-electron chi connectivity index (χ0n) is 11.8. The van der Waals surface area contributed by atoms with Gasteiger partial charge in [-0.15, -0.1) is 0 Å². The van der Waals surface area contributed by atoms with E-state index in [1.807, 2.05) is 0 Å². The standard InChI is InChI=1S/C15H19BrN2O3/c16-11-6-5-9-17-12(11)13(19)18-10-15(14(20)21)7-3-1-2-4-8-15/h5-6,9H,1-4,7-8,10H2,(H,18,19)(H,20,21). The monoisotopic (exact) mass is 354 g/mol. The Hall–Kier alpha value is -1.43. The van der Waals surface area contributed by atoms with Crippen LogP contribution in [0.5, 0.6) is 0 Å². The molecule has 0 atom stereocenters. The van der Waals surface area contributed by atoms with Gasteiger partial charge < -0.3 is 10.4 Å². The maximum absolute atomic E-state index is 12.2. The largest absolute Gasteiger partial charge is 0.481 e. The molecule has 0 radical (unpaired) electrons. The minimum atomic E-state index is -0.840. The van der Waals surface area contributed by atoms with Crippen LogP contribution in [0, 0.1) is 5.41 Å². The highest BCUT2D eigenvalue weighted by Gasteiger charge is 2.39. The average molecular weight is 355 g/mol. The van der Waals surface area contributed by atoms with E-state index >= 15 is 0 Å². The molecular weight excluding hydrogens is 336 g/mol. The third kappa shape index (κ3) is 3.81. The smallest absolute Gasteiger partial charge is 0.311 e. The topological polar surface area (TPSA) is 79.3 Å². The minimum Gasteiger partial charge on any atom is -0.481 e. The number of aromatic nitrogens is 1. The molecular formula is C15H19BrN2O3.